The number of carbonyl (C=O) groups is 3. The maximum absolute atomic E-state index is 12.3. The Labute approximate surface area is 161 Å². The lowest BCUT2D eigenvalue weighted by Crippen LogP contribution is -2.23. The second-order valence-corrected chi connectivity index (χ2v) is 6.03. The molecule has 3 aromatic rings. The minimum atomic E-state index is -1.08. The largest absolute Gasteiger partial charge is 0.478 e. The summed E-state index contributed by atoms with van der Waals surface area (Å²) in [5.41, 5.74) is 1.34. The number of aromatic carboxylic acids is 1. The molecule has 28 heavy (non-hydrogen) atoms. The summed E-state index contributed by atoms with van der Waals surface area (Å²) >= 11 is 0. The average Bonchev–Trinajstić information content (AvgIpc) is 3.20. The van der Waals surface area contributed by atoms with Gasteiger partial charge in [-0.3, -0.25) is 9.59 Å². The summed E-state index contributed by atoms with van der Waals surface area (Å²) in [5, 5.41) is 14.6. The number of hydrogen-bond donors (Lipinski definition) is 3. The molecule has 2 aromatic carbocycles. The summed E-state index contributed by atoms with van der Waals surface area (Å²) in [7, 11) is 0. The Morgan fingerprint density at radius 3 is 2.54 bits per heavy atom. The second kappa shape index (κ2) is 8.68. The molecule has 3 N–H and O–H groups in total. The zero-order chi connectivity index (χ0) is 19.9. The molecule has 2 amide bonds. The van der Waals surface area contributed by atoms with E-state index < -0.39 is 5.97 Å². The van der Waals surface area contributed by atoms with E-state index in [2.05, 4.69) is 10.6 Å². The Hall–Kier alpha value is -3.87. The van der Waals surface area contributed by atoms with Crippen molar-refractivity contribution in [1.82, 2.24) is 5.32 Å². The Balaban J connectivity index is 1.63. The molecular formula is C21H18N2O5. The van der Waals surface area contributed by atoms with Gasteiger partial charge in [0, 0.05) is 11.3 Å². The molecule has 1 aromatic heterocycles. The van der Waals surface area contributed by atoms with Crippen molar-refractivity contribution in [3.8, 4) is 0 Å². The molecule has 1 heterocycles. The summed E-state index contributed by atoms with van der Waals surface area (Å²) in [4.78, 5) is 35.8. The lowest BCUT2D eigenvalue weighted by atomic mass is 10.0. The van der Waals surface area contributed by atoms with Crippen molar-refractivity contribution in [2.75, 3.05) is 5.32 Å². The van der Waals surface area contributed by atoms with E-state index in [9.17, 15) is 19.5 Å². The van der Waals surface area contributed by atoms with Crippen LogP contribution in [0.15, 0.2) is 71.3 Å². The van der Waals surface area contributed by atoms with Crippen molar-refractivity contribution in [2.45, 2.75) is 13.0 Å². The highest BCUT2D eigenvalue weighted by Gasteiger charge is 2.13. The molecule has 7 heteroatoms. The number of carbonyl (C=O) groups excluding carboxylic acids is 2. The maximum Gasteiger partial charge on any atom is 0.335 e. The number of amides is 2. The van der Waals surface area contributed by atoms with Crippen LogP contribution in [0, 0.1) is 0 Å². The van der Waals surface area contributed by atoms with Crippen LogP contribution in [0.4, 0.5) is 5.69 Å². The standard InChI is InChI=1S/C21H18N2O5/c24-19(12-14-5-1-2-9-18(14)21(26)27)23-16-7-3-6-15(11-16)20(25)22-13-17-8-4-10-28-17/h1-11H,12-13H2,(H,22,25)(H,23,24)(H,26,27). The van der Waals surface area contributed by atoms with E-state index in [0.29, 0.717) is 22.6 Å². The summed E-state index contributed by atoms with van der Waals surface area (Å²) < 4.78 is 5.17. The topological polar surface area (TPSA) is 109 Å². The number of hydrogen-bond acceptors (Lipinski definition) is 4. The van der Waals surface area contributed by atoms with Gasteiger partial charge in [0.1, 0.15) is 5.76 Å². The Morgan fingerprint density at radius 2 is 1.79 bits per heavy atom. The second-order valence-electron chi connectivity index (χ2n) is 6.03. The van der Waals surface area contributed by atoms with Crippen molar-refractivity contribution < 1.29 is 23.9 Å². The summed E-state index contributed by atoms with van der Waals surface area (Å²) in [6.07, 6.45) is 1.44. The van der Waals surface area contributed by atoms with E-state index in [1.165, 1.54) is 12.3 Å². The fourth-order valence-corrected chi connectivity index (χ4v) is 2.68. The molecular weight excluding hydrogens is 360 g/mol. The molecule has 0 aliphatic heterocycles. The first kappa shape index (κ1) is 18.9. The van der Waals surface area contributed by atoms with Gasteiger partial charge in [0.05, 0.1) is 24.8 Å². The van der Waals surface area contributed by atoms with Crippen LogP contribution in [-0.2, 0) is 17.8 Å². The normalized spacial score (nSPS) is 10.3. The lowest BCUT2D eigenvalue weighted by molar-refractivity contribution is -0.115. The zero-order valence-corrected chi connectivity index (χ0v) is 14.8. The van der Waals surface area contributed by atoms with Gasteiger partial charge < -0.3 is 20.2 Å². The van der Waals surface area contributed by atoms with Gasteiger partial charge in [-0.25, -0.2) is 4.79 Å². The van der Waals surface area contributed by atoms with Crippen molar-refractivity contribution in [3.05, 3.63) is 89.4 Å². The van der Waals surface area contributed by atoms with Gasteiger partial charge >= 0.3 is 5.97 Å². The number of carboxylic acid groups (broad SMARTS) is 1. The van der Waals surface area contributed by atoms with E-state index in [-0.39, 0.29) is 30.3 Å². The van der Waals surface area contributed by atoms with Crippen LogP contribution in [-0.4, -0.2) is 22.9 Å². The van der Waals surface area contributed by atoms with E-state index in [1.807, 2.05) is 0 Å². The number of nitrogens with one attached hydrogen (secondary N) is 2. The number of rotatable bonds is 7. The van der Waals surface area contributed by atoms with Gasteiger partial charge in [-0.2, -0.15) is 0 Å². The number of benzene rings is 2. The average molecular weight is 378 g/mol. The molecule has 0 saturated heterocycles. The maximum atomic E-state index is 12.3. The SMILES string of the molecule is O=C(Cc1ccccc1C(=O)O)Nc1cccc(C(=O)NCc2ccco2)c1. The van der Waals surface area contributed by atoms with Crippen LogP contribution in [0.3, 0.4) is 0 Å². The van der Waals surface area contributed by atoms with Crippen molar-refractivity contribution in [1.29, 1.82) is 0 Å². The molecule has 0 atom stereocenters. The van der Waals surface area contributed by atoms with E-state index >= 15 is 0 Å². The van der Waals surface area contributed by atoms with Crippen molar-refractivity contribution in [2.24, 2.45) is 0 Å². The first-order valence-electron chi connectivity index (χ1n) is 8.54. The molecule has 0 aliphatic carbocycles. The Morgan fingerprint density at radius 1 is 0.964 bits per heavy atom. The van der Waals surface area contributed by atoms with Crippen molar-refractivity contribution >= 4 is 23.5 Å². The fourth-order valence-electron chi connectivity index (χ4n) is 2.68. The van der Waals surface area contributed by atoms with E-state index in [1.54, 1.807) is 54.6 Å². The molecule has 0 saturated carbocycles. The molecule has 142 valence electrons. The van der Waals surface area contributed by atoms with Gasteiger partial charge in [0.2, 0.25) is 5.91 Å². The highest BCUT2D eigenvalue weighted by molar-refractivity contribution is 5.98. The third kappa shape index (κ3) is 4.85. The third-order valence-electron chi connectivity index (χ3n) is 4.01. The summed E-state index contributed by atoms with van der Waals surface area (Å²) in [6.45, 7) is 0.258. The third-order valence-corrected chi connectivity index (χ3v) is 4.01. The van der Waals surface area contributed by atoms with Crippen LogP contribution < -0.4 is 10.6 Å². The lowest BCUT2D eigenvalue weighted by Gasteiger charge is -2.09. The van der Waals surface area contributed by atoms with Gasteiger partial charge in [-0.1, -0.05) is 24.3 Å². The minimum absolute atomic E-state index is 0.0859. The van der Waals surface area contributed by atoms with Crippen molar-refractivity contribution in [3.63, 3.8) is 0 Å². The number of furan rings is 1. The highest BCUT2D eigenvalue weighted by Crippen LogP contribution is 2.14. The fraction of sp³-hybridized carbons (Fsp3) is 0.0952. The smallest absolute Gasteiger partial charge is 0.335 e. The molecule has 7 nitrogen and oxygen atoms in total. The summed E-state index contributed by atoms with van der Waals surface area (Å²) in [6, 6.07) is 16.3. The van der Waals surface area contributed by atoms with Gasteiger partial charge in [-0.05, 0) is 42.0 Å². The van der Waals surface area contributed by atoms with E-state index in [0.717, 1.165) is 0 Å². The molecule has 0 aliphatic rings. The van der Waals surface area contributed by atoms with E-state index in [4.69, 9.17) is 4.42 Å². The van der Waals surface area contributed by atoms with Gasteiger partial charge in [-0.15, -0.1) is 0 Å². The minimum Gasteiger partial charge on any atom is -0.478 e. The van der Waals surface area contributed by atoms with Crippen LogP contribution in [0.2, 0.25) is 0 Å². The van der Waals surface area contributed by atoms with Crippen LogP contribution >= 0.6 is 0 Å². The molecule has 0 bridgehead atoms. The van der Waals surface area contributed by atoms with Crippen LogP contribution in [0.5, 0.6) is 0 Å². The first-order chi connectivity index (χ1) is 13.5. The van der Waals surface area contributed by atoms with Gasteiger partial charge in [0.25, 0.3) is 5.91 Å². The predicted octanol–water partition coefficient (Wildman–Crippen LogP) is 3.09. The number of anilines is 1. The molecule has 0 unspecified atom stereocenters. The van der Waals surface area contributed by atoms with Gasteiger partial charge in [0.15, 0.2) is 0 Å². The Kier molecular flexibility index (Phi) is 5.86. The Bertz CT molecular complexity index is 996. The molecule has 0 radical (unpaired) electrons. The monoisotopic (exact) mass is 378 g/mol. The predicted molar refractivity (Wildman–Crippen MR) is 102 cm³/mol. The first-order valence-corrected chi connectivity index (χ1v) is 8.54. The molecule has 0 spiro atoms. The molecule has 0 fully saturated rings. The number of carboxylic acids is 1. The summed E-state index contributed by atoms with van der Waals surface area (Å²) in [5.74, 6) is -1.13. The quantitative estimate of drug-likeness (QED) is 0.585. The highest BCUT2D eigenvalue weighted by atomic mass is 16.4. The zero-order valence-electron chi connectivity index (χ0n) is 14.8. The molecule has 3 rings (SSSR count). The van der Waals surface area contributed by atoms with Crippen LogP contribution in [0.1, 0.15) is 32.0 Å². The van der Waals surface area contributed by atoms with Crippen LogP contribution in [0.25, 0.3) is 0 Å².